The van der Waals surface area contributed by atoms with E-state index >= 15 is 0 Å². The molecule has 106 valence electrons. The summed E-state index contributed by atoms with van der Waals surface area (Å²) < 4.78 is 6.77. The maximum atomic E-state index is 12.2. The Morgan fingerprint density at radius 3 is 2.90 bits per heavy atom. The molecule has 0 saturated heterocycles. The molecule has 0 saturated carbocycles. The highest BCUT2D eigenvalue weighted by molar-refractivity contribution is 5.58. The van der Waals surface area contributed by atoms with Gasteiger partial charge < -0.3 is 9.72 Å². The number of aromatic nitrogens is 6. The van der Waals surface area contributed by atoms with Gasteiger partial charge in [-0.3, -0.25) is 14.3 Å². The van der Waals surface area contributed by atoms with Crippen molar-refractivity contribution in [1.29, 1.82) is 0 Å². The number of nitrogens with zero attached hydrogens (tertiary/aromatic N) is 5. The summed E-state index contributed by atoms with van der Waals surface area (Å²) >= 11 is 0. The molecule has 0 aliphatic heterocycles. The Balaban J connectivity index is 2.30. The molecule has 0 bridgehead atoms. The molecule has 0 unspecified atom stereocenters. The van der Waals surface area contributed by atoms with E-state index in [1.165, 1.54) is 13.4 Å². The van der Waals surface area contributed by atoms with E-state index in [-0.39, 0.29) is 17.1 Å². The summed E-state index contributed by atoms with van der Waals surface area (Å²) in [6.07, 6.45) is 4.60. The molecule has 3 aromatic rings. The van der Waals surface area contributed by atoms with E-state index < -0.39 is 0 Å². The van der Waals surface area contributed by atoms with Crippen LogP contribution in [0.4, 0.5) is 0 Å². The second-order valence-electron chi connectivity index (χ2n) is 4.24. The molecule has 0 radical (unpaired) electrons. The maximum Gasteiger partial charge on any atom is 0.279 e. The van der Waals surface area contributed by atoms with Gasteiger partial charge in [-0.05, 0) is 19.1 Å². The van der Waals surface area contributed by atoms with Crippen LogP contribution in [0.5, 0.6) is 5.88 Å². The number of ether oxygens (including phenoxy) is 1. The van der Waals surface area contributed by atoms with Crippen molar-refractivity contribution in [3.63, 3.8) is 0 Å². The van der Waals surface area contributed by atoms with Crippen LogP contribution in [-0.4, -0.2) is 36.8 Å². The number of aromatic amines is 1. The second kappa shape index (κ2) is 5.16. The van der Waals surface area contributed by atoms with E-state index in [9.17, 15) is 4.79 Å². The van der Waals surface area contributed by atoms with Crippen molar-refractivity contribution in [2.75, 3.05) is 7.11 Å². The summed E-state index contributed by atoms with van der Waals surface area (Å²) in [6, 6.07) is 3.62. The minimum absolute atomic E-state index is 0.201. The smallest absolute Gasteiger partial charge is 0.279 e. The third kappa shape index (κ3) is 2.16. The van der Waals surface area contributed by atoms with Crippen LogP contribution in [0.1, 0.15) is 5.82 Å². The Bertz CT molecular complexity index is 824. The van der Waals surface area contributed by atoms with Gasteiger partial charge in [0.1, 0.15) is 5.82 Å². The molecule has 0 aliphatic carbocycles. The number of rotatable bonds is 3. The van der Waals surface area contributed by atoms with E-state index in [0.29, 0.717) is 11.6 Å². The van der Waals surface area contributed by atoms with Crippen molar-refractivity contribution in [2.24, 2.45) is 0 Å². The number of H-pyrrole nitrogens is 1. The van der Waals surface area contributed by atoms with Gasteiger partial charge in [-0.25, -0.2) is 4.98 Å². The molecular weight excluding hydrogens is 272 g/mol. The molecule has 3 heterocycles. The number of nitrogens with one attached hydrogen (secondary N) is 1. The molecule has 0 aromatic carbocycles. The Hall–Kier alpha value is -3.03. The lowest BCUT2D eigenvalue weighted by molar-refractivity contribution is 0.394. The van der Waals surface area contributed by atoms with Crippen LogP contribution in [-0.2, 0) is 0 Å². The summed E-state index contributed by atoms with van der Waals surface area (Å²) in [5.41, 5.74) is 0.639. The summed E-state index contributed by atoms with van der Waals surface area (Å²) in [5, 5.41) is 8.15. The van der Waals surface area contributed by atoms with Crippen molar-refractivity contribution in [2.45, 2.75) is 6.92 Å². The zero-order chi connectivity index (χ0) is 14.8. The highest BCUT2D eigenvalue weighted by Gasteiger charge is 2.20. The van der Waals surface area contributed by atoms with Gasteiger partial charge in [-0.15, -0.1) is 10.2 Å². The average Bonchev–Trinajstić information content (AvgIpc) is 2.89. The van der Waals surface area contributed by atoms with E-state index in [1.54, 1.807) is 30.0 Å². The first-order valence-electron chi connectivity index (χ1n) is 6.17. The van der Waals surface area contributed by atoms with Crippen molar-refractivity contribution in [3.8, 4) is 23.0 Å². The molecule has 21 heavy (non-hydrogen) atoms. The monoisotopic (exact) mass is 284 g/mol. The summed E-state index contributed by atoms with van der Waals surface area (Å²) in [5.74, 6) is 1.25. The fraction of sp³-hybridized carbons (Fsp3) is 0.154. The molecule has 0 aliphatic rings. The van der Waals surface area contributed by atoms with Gasteiger partial charge in [0.15, 0.2) is 11.5 Å². The van der Waals surface area contributed by atoms with Gasteiger partial charge in [-0.2, -0.15) is 0 Å². The minimum Gasteiger partial charge on any atom is -0.479 e. The number of hydrogen-bond donors (Lipinski definition) is 1. The zero-order valence-corrected chi connectivity index (χ0v) is 11.4. The molecule has 0 atom stereocenters. The molecule has 8 nitrogen and oxygen atoms in total. The van der Waals surface area contributed by atoms with Gasteiger partial charge in [0, 0.05) is 18.0 Å². The minimum atomic E-state index is -0.338. The fourth-order valence-electron chi connectivity index (χ4n) is 2.03. The number of hydrogen-bond acceptors (Lipinski definition) is 6. The Morgan fingerprint density at radius 2 is 2.19 bits per heavy atom. The lowest BCUT2D eigenvalue weighted by Gasteiger charge is -2.10. The summed E-state index contributed by atoms with van der Waals surface area (Å²) in [7, 11) is 1.45. The average molecular weight is 284 g/mol. The lowest BCUT2D eigenvalue weighted by Crippen LogP contribution is -2.18. The van der Waals surface area contributed by atoms with Gasteiger partial charge >= 0.3 is 0 Å². The molecule has 1 N–H and O–H groups in total. The summed E-state index contributed by atoms with van der Waals surface area (Å²) in [4.78, 5) is 22.8. The van der Waals surface area contributed by atoms with E-state index in [1.807, 2.05) is 6.07 Å². The van der Waals surface area contributed by atoms with Crippen molar-refractivity contribution in [3.05, 3.63) is 47.0 Å². The first kappa shape index (κ1) is 13.0. The predicted molar refractivity (Wildman–Crippen MR) is 74.3 cm³/mol. The van der Waals surface area contributed by atoms with Gasteiger partial charge in [-0.1, -0.05) is 0 Å². The molecule has 3 aromatic heterocycles. The van der Waals surface area contributed by atoms with Crippen LogP contribution < -0.4 is 10.3 Å². The Labute approximate surface area is 119 Å². The van der Waals surface area contributed by atoms with E-state index in [0.717, 1.165) is 5.56 Å². The van der Waals surface area contributed by atoms with Gasteiger partial charge in [0.25, 0.3) is 5.56 Å². The first-order valence-corrected chi connectivity index (χ1v) is 6.17. The molecule has 0 fully saturated rings. The van der Waals surface area contributed by atoms with Crippen molar-refractivity contribution >= 4 is 0 Å². The number of aryl methyl sites for hydroxylation is 1. The Morgan fingerprint density at radius 1 is 1.33 bits per heavy atom. The maximum absolute atomic E-state index is 12.2. The van der Waals surface area contributed by atoms with Crippen molar-refractivity contribution in [1.82, 2.24) is 29.7 Å². The topological polar surface area (TPSA) is 98.6 Å². The second-order valence-corrected chi connectivity index (χ2v) is 4.24. The van der Waals surface area contributed by atoms with Gasteiger partial charge in [0.05, 0.1) is 13.4 Å². The molecule has 0 amide bonds. The van der Waals surface area contributed by atoms with Crippen LogP contribution in [0.15, 0.2) is 35.6 Å². The molecule has 0 spiro atoms. The fourth-order valence-corrected chi connectivity index (χ4v) is 2.03. The molecule has 8 heteroatoms. The zero-order valence-electron chi connectivity index (χ0n) is 11.4. The normalized spacial score (nSPS) is 10.6. The van der Waals surface area contributed by atoms with Gasteiger partial charge in [0.2, 0.25) is 5.88 Å². The largest absolute Gasteiger partial charge is 0.479 e. The van der Waals surface area contributed by atoms with Crippen molar-refractivity contribution < 1.29 is 4.74 Å². The standard InChI is InChI=1S/C13H12N6O2/c1-8-17-18-11(9-4-3-5-14-6-9)19(8)10-12(20)15-7-16-13(10)21-2/h3-7H,1-2H3,(H,15,16,20). The highest BCUT2D eigenvalue weighted by atomic mass is 16.5. The van der Waals surface area contributed by atoms with Crippen LogP contribution in [0, 0.1) is 6.92 Å². The molecule has 3 rings (SSSR count). The highest BCUT2D eigenvalue weighted by Crippen LogP contribution is 2.23. The third-order valence-corrected chi connectivity index (χ3v) is 2.96. The quantitative estimate of drug-likeness (QED) is 0.761. The third-order valence-electron chi connectivity index (χ3n) is 2.96. The summed E-state index contributed by atoms with van der Waals surface area (Å²) in [6.45, 7) is 1.75. The first-order chi connectivity index (χ1) is 10.2. The SMILES string of the molecule is COc1nc[nH]c(=O)c1-n1c(C)nnc1-c1cccnc1. The lowest BCUT2D eigenvalue weighted by atomic mass is 10.2. The molecular formula is C13H12N6O2. The van der Waals surface area contributed by atoms with E-state index in [4.69, 9.17) is 4.74 Å². The Kier molecular flexibility index (Phi) is 3.19. The van der Waals surface area contributed by atoms with Crippen LogP contribution in [0.25, 0.3) is 17.1 Å². The van der Waals surface area contributed by atoms with Crippen LogP contribution in [0.2, 0.25) is 0 Å². The predicted octanol–water partition coefficient (Wildman–Crippen LogP) is 0.730. The number of methoxy groups -OCH3 is 1. The van der Waals surface area contributed by atoms with Crippen LogP contribution >= 0.6 is 0 Å². The van der Waals surface area contributed by atoms with Crippen LogP contribution in [0.3, 0.4) is 0 Å². The number of pyridine rings is 1. The van der Waals surface area contributed by atoms with E-state index in [2.05, 4.69) is 25.1 Å².